The summed E-state index contributed by atoms with van der Waals surface area (Å²) in [6.45, 7) is 15.2. The Morgan fingerprint density at radius 2 is 1.60 bits per heavy atom. The van der Waals surface area contributed by atoms with Gasteiger partial charge in [0.05, 0.1) is 0 Å². The third-order valence-corrected chi connectivity index (χ3v) is 3.97. The highest BCUT2D eigenvalue weighted by molar-refractivity contribution is 5.15. The molecule has 1 unspecified atom stereocenters. The van der Waals surface area contributed by atoms with Gasteiger partial charge in [0.15, 0.2) is 0 Å². The van der Waals surface area contributed by atoms with Crippen molar-refractivity contribution in [3.63, 3.8) is 0 Å². The third-order valence-electron chi connectivity index (χ3n) is 3.97. The lowest BCUT2D eigenvalue weighted by Gasteiger charge is -2.12. The standard InChI is InChI=1S/C20H36/c1-7-18(4)12-9-14-20(6)16-10-15-19(5)13-8-11-17(2)3/h7,12,14,17,19H,1,8-11,13,15-16H2,2-6H3. The summed E-state index contributed by atoms with van der Waals surface area (Å²) in [6, 6.07) is 0. The monoisotopic (exact) mass is 276 g/mol. The maximum absolute atomic E-state index is 3.77. The van der Waals surface area contributed by atoms with Crippen molar-refractivity contribution in [1.82, 2.24) is 0 Å². The average Bonchev–Trinajstić information content (AvgIpc) is 2.38. The first-order valence-corrected chi connectivity index (χ1v) is 8.40. The van der Waals surface area contributed by atoms with E-state index < -0.39 is 0 Å². The second-order valence-corrected chi connectivity index (χ2v) is 6.76. The number of allylic oxidation sites excluding steroid dienone is 5. The van der Waals surface area contributed by atoms with Crippen LogP contribution in [0, 0.1) is 11.8 Å². The van der Waals surface area contributed by atoms with Gasteiger partial charge in [-0.2, -0.15) is 0 Å². The Morgan fingerprint density at radius 1 is 0.950 bits per heavy atom. The number of hydrogen-bond donors (Lipinski definition) is 0. The Labute approximate surface area is 128 Å². The molecule has 0 amide bonds. The van der Waals surface area contributed by atoms with Crippen molar-refractivity contribution >= 4 is 0 Å². The van der Waals surface area contributed by atoms with Crippen LogP contribution in [0.1, 0.15) is 79.6 Å². The molecule has 116 valence electrons. The van der Waals surface area contributed by atoms with Gasteiger partial charge in [-0.15, -0.1) is 0 Å². The lowest BCUT2D eigenvalue weighted by atomic mass is 9.94. The molecule has 0 nitrogen and oxygen atoms in total. The molecule has 0 rings (SSSR count). The summed E-state index contributed by atoms with van der Waals surface area (Å²) < 4.78 is 0. The van der Waals surface area contributed by atoms with Crippen LogP contribution in [0.5, 0.6) is 0 Å². The minimum Gasteiger partial charge on any atom is -0.0988 e. The van der Waals surface area contributed by atoms with Gasteiger partial charge in [0.1, 0.15) is 0 Å². The zero-order valence-electron chi connectivity index (χ0n) is 14.5. The van der Waals surface area contributed by atoms with E-state index in [0.717, 1.165) is 18.3 Å². The van der Waals surface area contributed by atoms with Gasteiger partial charge in [-0.3, -0.25) is 0 Å². The van der Waals surface area contributed by atoms with Gasteiger partial charge in [0.2, 0.25) is 0 Å². The molecule has 0 aromatic heterocycles. The van der Waals surface area contributed by atoms with Crippen molar-refractivity contribution in [1.29, 1.82) is 0 Å². The fourth-order valence-corrected chi connectivity index (χ4v) is 2.38. The molecular formula is C20H36. The highest BCUT2D eigenvalue weighted by Gasteiger charge is 2.03. The molecule has 0 heteroatoms. The van der Waals surface area contributed by atoms with E-state index in [1.54, 1.807) is 0 Å². The second kappa shape index (κ2) is 12.0. The molecule has 1 atom stereocenters. The van der Waals surface area contributed by atoms with E-state index in [1.165, 1.54) is 49.7 Å². The predicted molar refractivity (Wildman–Crippen MR) is 94.0 cm³/mol. The summed E-state index contributed by atoms with van der Waals surface area (Å²) in [7, 11) is 0. The van der Waals surface area contributed by atoms with Gasteiger partial charge in [0.25, 0.3) is 0 Å². The summed E-state index contributed by atoms with van der Waals surface area (Å²) in [5.41, 5.74) is 2.81. The SMILES string of the molecule is C=CC(C)=CCC=C(C)CCCC(C)CCCC(C)C. The molecule has 0 saturated heterocycles. The molecule has 20 heavy (non-hydrogen) atoms. The summed E-state index contributed by atoms with van der Waals surface area (Å²) in [5, 5.41) is 0. The summed E-state index contributed by atoms with van der Waals surface area (Å²) in [6.07, 6.45) is 15.7. The van der Waals surface area contributed by atoms with Gasteiger partial charge >= 0.3 is 0 Å². The minimum atomic E-state index is 0.861. The van der Waals surface area contributed by atoms with Crippen molar-refractivity contribution in [2.24, 2.45) is 11.8 Å². The molecule has 0 heterocycles. The molecule has 0 aliphatic heterocycles. The molecule has 0 aromatic rings. The number of hydrogen-bond acceptors (Lipinski definition) is 0. The smallest absolute Gasteiger partial charge is 0.0161 e. The Bertz CT molecular complexity index is 304. The zero-order chi connectivity index (χ0) is 15.4. The highest BCUT2D eigenvalue weighted by atomic mass is 14.1. The lowest BCUT2D eigenvalue weighted by molar-refractivity contribution is 0.427. The Balaban J connectivity index is 3.71. The lowest BCUT2D eigenvalue weighted by Crippen LogP contribution is -1.97. The molecule has 0 N–H and O–H groups in total. The Kier molecular flexibility index (Phi) is 11.5. The van der Waals surface area contributed by atoms with Gasteiger partial charge in [-0.1, -0.05) is 82.4 Å². The van der Waals surface area contributed by atoms with Crippen LogP contribution in [-0.4, -0.2) is 0 Å². The first-order chi connectivity index (χ1) is 9.45. The topological polar surface area (TPSA) is 0 Å². The molecule has 0 spiro atoms. The highest BCUT2D eigenvalue weighted by Crippen LogP contribution is 2.19. The summed E-state index contributed by atoms with van der Waals surface area (Å²) in [5.74, 6) is 1.75. The fourth-order valence-electron chi connectivity index (χ4n) is 2.38. The van der Waals surface area contributed by atoms with Gasteiger partial charge in [-0.25, -0.2) is 0 Å². The van der Waals surface area contributed by atoms with Crippen molar-refractivity contribution in [3.05, 3.63) is 36.0 Å². The minimum absolute atomic E-state index is 0.861. The van der Waals surface area contributed by atoms with E-state index in [0.29, 0.717) is 0 Å². The first kappa shape index (κ1) is 19.2. The quantitative estimate of drug-likeness (QED) is 0.279. The van der Waals surface area contributed by atoms with Gasteiger partial charge in [0, 0.05) is 0 Å². The van der Waals surface area contributed by atoms with Crippen molar-refractivity contribution in [2.45, 2.75) is 79.6 Å². The van der Waals surface area contributed by atoms with Crippen LogP contribution >= 0.6 is 0 Å². The maximum atomic E-state index is 3.77. The Morgan fingerprint density at radius 3 is 2.20 bits per heavy atom. The second-order valence-electron chi connectivity index (χ2n) is 6.76. The van der Waals surface area contributed by atoms with E-state index in [2.05, 4.69) is 53.3 Å². The number of rotatable bonds is 11. The summed E-state index contributed by atoms with van der Waals surface area (Å²) >= 11 is 0. The molecule has 0 radical (unpaired) electrons. The van der Waals surface area contributed by atoms with Crippen molar-refractivity contribution < 1.29 is 0 Å². The largest absolute Gasteiger partial charge is 0.0988 e. The van der Waals surface area contributed by atoms with Crippen LogP contribution in [0.3, 0.4) is 0 Å². The maximum Gasteiger partial charge on any atom is -0.0161 e. The van der Waals surface area contributed by atoms with E-state index >= 15 is 0 Å². The van der Waals surface area contributed by atoms with E-state index in [-0.39, 0.29) is 0 Å². The molecule has 0 aliphatic carbocycles. The predicted octanol–water partition coefficient (Wildman–Crippen LogP) is 7.09. The van der Waals surface area contributed by atoms with Crippen LogP contribution in [0.2, 0.25) is 0 Å². The van der Waals surface area contributed by atoms with Gasteiger partial charge in [-0.05, 0) is 44.9 Å². The average molecular weight is 277 g/mol. The molecule has 0 bridgehead atoms. The van der Waals surface area contributed by atoms with E-state index in [1.807, 2.05) is 6.08 Å². The van der Waals surface area contributed by atoms with E-state index in [9.17, 15) is 0 Å². The third kappa shape index (κ3) is 12.3. The van der Waals surface area contributed by atoms with Crippen molar-refractivity contribution in [2.75, 3.05) is 0 Å². The van der Waals surface area contributed by atoms with Gasteiger partial charge < -0.3 is 0 Å². The van der Waals surface area contributed by atoms with Crippen LogP contribution in [0.15, 0.2) is 36.0 Å². The summed E-state index contributed by atoms with van der Waals surface area (Å²) in [4.78, 5) is 0. The van der Waals surface area contributed by atoms with Crippen LogP contribution < -0.4 is 0 Å². The van der Waals surface area contributed by atoms with Crippen molar-refractivity contribution in [3.8, 4) is 0 Å². The zero-order valence-corrected chi connectivity index (χ0v) is 14.5. The normalized spacial score (nSPS) is 14.7. The molecule has 0 aromatic carbocycles. The van der Waals surface area contributed by atoms with Crippen LogP contribution in [0.4, 0.5) is 0 Å². The first-order valence-electron chi connectivity index (χ1n) is 8.40. The molecule has 0 saturated carbocycles. The fraction of sp³-hybridized carbons (Fsp3) is 0.700. The molecular weight excluding hydrogens is 240 g/mol. The Hall–Kier alpha value is -0.780. The van der Waals surface area contributed by atoms with E-state index in [4.69, 9.17) is 0 Å². The van der Waals surface area contributed by atoms with Crippen LogP contribution in [0.25, 0.3) is 0 Å². The molecule has 0 fully saturated rings. The van der Waals surface area contributed by atoms with Crippen LogP contribution in [-0.2, 0) is 0 Å². The molecule has 0 aliphatic rings.